The molecular formula is C15H19N3O3. The molecule has 112 valence electrons. The highest BCUT2D eigenvalue weighted by molar-refractivity contribution is 5.95. The number of methoxy groups -OCH3 is 1. The van der Waals surface area contributed by atoms with E-state index in [0.717, 1.165) is 18.5 Å². The van der Waals surface area contributed by atoms with Gasteiger partial charge in [0.15, 0.2) is 5.82 Å². The predicted molar refractivity (Wildman–Crippen MR) is 78.2 cm³/mol. The molecular weight excluding hydrogens is 270 g/mol. The first-order valence-corrected chi connectivity index (χ1v) is 6.85. The first-order valence-electron chi connectivity index (χ1n) is 6.85. The minimum Gasteiger partial charge on any atom is -0.465 e. The van der Waals surface area contributed by atoms with Gasteiger partial charge in [0.25, 0.3) is 0 Å². The summed E-state index contributed by atoms with van der Waals surface area (Å²) in [7, 11) is 3.24. The van der Waals surface area contributed by atoms with E-state index in [2.05, 4.69) is 17.1 Å². The summed E-state index contributed by atoms with van der Waals surface area (Å²) < 4.78 is 9.96. The van der Waals surface area contributed by atoms with Crippen molar-refractivity contribution in [3.8, 4) is 0 Å². The van der Waals surface area contributed by atoms with E-state index >= 15 is 0 Å². The summed E-state index contributed by atoms with van der Waals surface area (Å²) in [6.07, 6.45) is 1.73. The van der Waals surface area contributed by atoms with Crippen LogP contribution < -0.4 is 4.90 Å². The Bertz CT molecular complexity index is 610. The first-order chi connectivity index (χ1) is 10.2. The van der Waals surface area contributed by atoms with Gasteiger partial charge >= 0.3 is 5.97 Å². The summed E-state index contributed by atoms with van der Waals surface area (Å²) in [4.78, 5) is 18.0. The predicted octanol–water partition coefficient (Wildman–Crippen LogP) is 2.45. The Balaban J connectivity index is 2.16. The molecule has 0 aliphatic heterocycles. The highest BCUT2D eigenvalue weighted by Gasteiger charge is 2.16. The van der Waals surface area contributed by atoms with Gasteiger partial charge in [-0.15, -0.1) is 0 Å². The van der Waals surface area contributed by atoms with Crippen LogP contribution in [0.1, 0.15) is 35.4 Å². The molecule has 6 heteroatoms. The molecule has 0 spiro atoms. The quantitative estimate of drug-likeness (QED) is 0.761. The van der Waals surface area contributed by atoms with Crippen LogP contribution in [0.4, 0.5) is 5.69 Å². The van der Waals surface area contributed by atoms with Crippen LogP contribution in [0.15, 0.2) is 28.8 Å². The van der Waals surface area contributed by atoms with Crippen LogP contribution >= 0.6 is 0 Å². The van der Waals surface area contributed by atoms with Crippen LogP contribution in [0.25, 0.3) is 0 Å². The zero-order valence-corrected chi connectivity index (χ0v) is 12.5. The standard InChI is InChI=1S/C15H19N3O3/c1-4-7-14-16-13(17-21-14)10-18(2)12-9-6-5-8-11(12)15(19)20-3/h5-6,8-9H,4,7,10H2,1-3H3. The van der Waals surface area contributed by atoms with Crippen LogP contribution in [-0.2, 0) is 17.7 Å². The van der Waals surface area contributed by atoms with Crippen molar-refractivity contribution in [2.45, 2.75) is 26.3 Å². The van der Waals surface area contributed by atoms with E-state index in [0.29, 0.717) is 23.8 Å². The normalized spacial score (nSPS) is 10.4. The van der Waals surface area contributed by atoms with E-state index in [1.807, 2.05) is 24.1 Å². The van der Waals surface area contributed by atoms with Gasteiger partial charge < -0.3 is 14.2 Å². The lowest BCUT2D eigenvalue weighted by molar-refractivity contribution is 0.0601. The number of carbonyl (C=O) groups is 1. The van der Waals surface area contributed by atoms with Gasteiger partial charge in [-0.2, -0.15) is 4.98 Å². The molecule has 0 aliphatic rings. The first kappa shape index (κ1) is 15.0. The number of hydrogen-bond acceptors (Lipinski definition) is 6. The van der Waals surface area contributed by atoms with Gasteiger partial charge in [0.05, 0.1) is 24.9 Å². The van der Waals surface area contributed by atoms with Gasteiger partial charge in [0.2, 0.25) is 5.89 Å². The Morgan fingerprint density at radius 1 is 1.38 bits per heavy atom. The largest absolute Gasteiger partial charge is 0.465 e. The molecule has 2 rings (SSSR count). The molecule has 0 atom stereocenters. The average molecular weight is 289 g/mol. The number of aromatic nitrogens is 2. The molecule has 6 nitrogen and oxygen atoms in total. The Labute approximate surface area is 123 Å². The molecule has 0 bridgehead atoms. The topological polar surface area (TPSA) is 68.5 Å². The smallest absolute Gasteiger partial charge is 0.339 e. The summed E-state index contributed by atoms with van der Waals surface area (Å²) in [5.41, 5.74) is 1.28. The van der Waals surface area contributed by atoms with E-state index in [9.17, 15) is 4.79 Å². The summed E-state index contributed by atoms with van der Waals surface area (Å²) in [6.45, 7) is 2.52. The number of rotatable bonds is 6. The lowest BCUT2D eigenvalue weighted by atomic mass is 10.1. The van der Waals surface area contributed by atoms with Gasteiger partial charge in [-0.25, -0.2) is 4.79 Å². The molecule has 0 N–H and O–H groups in total. The van der Waals surface area contributed by atoms with E-state index in [1.54, 1.807) is 12.1 Å². The molecule has 1 aromatic carbocycles. The van der Waals surface area contributed by atoms with Crippen molar-refractivity contribution in [1.82, 2.24) is 10.1 Å². The SMILES string of the molecule is CCCc1nc(CN(C)c2ccccc2C(=O)OC)no1. The molecule has 1 heterocycles. The van der Waals surface area contributed by atoms with Crippen LogP contribution in [-0.4, -0.2) is 30.3 Å². The monoisotopic (exact) mass is 289 g/mol. The fraction of sp³-hybridized carbons (Fsp3) is 0.400. The zero-order chi connectivity index (χ0) is 15.2. The second kappa shape index (κ2) is 6.88. The van der Waals surface area contributed by atoms with Crippen molar-refractivity contribution < 1.29 is 14.1 Å². The fourth-order valence-electron chi connectivity index (χ4n) is 2.06. The van der Waals surface area contributed by atoms with Crippen LogP contribution in [0.3, 0.4) is 0 Å². The molecule has 0 saturated heterocycles. The summed E-state index contributed by atoms with van der Waals surface area (Å²) in [6, 6.07) is 7.27. The van der Waals surface area contributed by atoms with Crippen molar-refractivity contribution in [2.24, 2.45) is 0 Å². The van der Waals surface area contributed by atoms with Gasteiger partial charge in [-0.1, -0.05) is 24.2 Å². The number of para-hydroxylation sites is 1. The number of nitrogens with zero attached hydrogens (tertiary/aromatic N) is 3. The Morgan fingerprint density at radius 2 is 2.14 bits per heavy atom. The molecule has 0 saturated carbocycles. The molecule has 1 aromatic heterocycles. The van der Waals surface area contributed by atoms with Crippen molar-refractivity contribution >= 4 is 11.7 Å². The Kier molecular flexibility index (Phi) is 4.92. The zero-order valence-electron chi connectivity index (χ0n) is 12.5. The second-order valence-electron chi connectivity index (χ2n) is 4.72. The van der Waals surface area contributed by atoms with Gasteiger partial charge in [-0.3, -0.25) is 0 Å². The lowest BCUT2D eigenvalue weighted by Crippen LogP contribution is -2.20. The van der Waals surface area contributed by atoms with Gasteiger partial charge in [-0.05, 0) is 18.6 Å². The summed E-state index contributed by atoms with van der Waals surface area (Å²) >= 11 is 0. The van der Waals surface area contributed by atoms with Gasteiger partial charge in [0, 0.05) is 13.5 Å². The maximum Gasteiger partial charge on any atom is 0.339 e. The molecule has 0 unspecified atom stereocenters. The Hall–Kier alpha value is -2.37. The summed E-state index contributed by atoms with van der Waals surface area (Å²) in [5.74, 6) is 0.875. The Morgan fingerprint density at radius 3 is 2.86 bits per heavy atom. The van der Waals surface area contributed by atoms with Gasteiger partial charge in [0.1, 0.15) is 0 Å². The minimum absolute atomic E-state index is 0.364. The number of ether oxygens (including phenoxy) is 1. The lowest BCUT2D eigenvalue weighted by Gasteiger charge is -2.19. The van der Waals surface area contributed by atoms with E-state index in [1.165, 1.54) is 7.11 Å². The number of hydrogen-bond donors (Lipinski definition) is 0. The number of anilines is 1. The summed E-state index contributed by atoms with van der Waals surface area (Å²) in [5, 5.41) is 3.95. The maximum atomic E-state index is 11.8. The van der Waals surface area contributed by atoms with Crippen molar-refractivity contribution in [3.63, 3.8) is 0 Å². The van der Waals surface area contributed by atoms with Crippen LogP contribution in [0.5, 0.6) is 0 Å². The number of aryl methyl sites for hydroxylation is 1. The molecule has 2 aromatic rings. The average Bonchev–Trinajstić information content (AvgIpc) is 2.94. The van der Waals surface area contributed by atoms with E-state index in [-0.39, 0.29) is 5.97 Å². The van der Waals surface area contributed by atoms with E-state index in [4.69, 9.17) is 9.26 Å². The third-order valence-corrected chi connectivity index (χ3v) is 3.07. The highest BCUT2D eigenvalue weighted by Crippen LogP contribution is 2.21. The minimum atomic E-state index is -0.364. The molecule has 0 fully saturated rings. The third-order valence-electron chi connectivity index (χ3n) is 3.07. The van der Waals surface area contributed by atoms with Crippen molar-refractivity contribution in [3.05, 3.63) is 41.5 Å². The number of esters is 1. The third kappa shape index (κ3) is 3.59. The van der Waals surface area contributed by atoms with E-state index < -0.39 is 0 Å². The van der Waals surface area contributed by atoms with Crippen molar-refractivity contribution in [2.75, 3.05) is 19.1 Å². The number of benzene rings is 1. The second-order valence-corrected chi connectivity index (χ2v) is 4.72. The molecule has 0 radical (unpaired) electrons. The van der Waals surface area contributed by atoms with Crippen LogP contribution in [0.2, 0.25) is 0 Å². The van der Waals surface area contributed by atoms with Crippen LogP contribution in [0, 0.1) is 0 Å². The number of carbonyl (C=O) groups excluding carboxylic acids is 1. The molecule has 0 aliphatic carbocycles. The maximum absolute atomic E-state index is 11.8. The van der Waals surface area contributed by atoms with Crippen molar-refractivity contribution in [1.29, 1.82) is 0 Å². The molecule has 21 heavy (non-hydrogen) atoms. The molecule has 0 amide bonds. The highest BCUT2D eigenvalue weighted by atomic mass is 16.5. The fourth-order valence-corrected chi connectivity index (χ4v) is 2.06.